The zero-order chi connectivity index (χ0) is 13.9. The van der Waals surface area contributed by atoms with Crippen molar-refractivity contribution >= 4 is 10.0 Å². The summed E-state index contributed by atoms with van der Waals surface area (Å²) in [4.78, 5) is 0.305. The predicted octanol–water partition coefficient (Wildman–Crippen LogP) is 0.885. The van der Waals surface area contributed by atoms with Crippen molar-refractivity contribution in [3.05, 3.63) is 23.8 Å². The summed E-state index contributed by atoms with van der Waals surface area (Å²) in [7, 11) is -1.90. The van der Waals surface area contributed by atoms with Gasteiger partial charge in [-0.2, -0.15) is 0 Å². The summed E-state index contributed by atoms with van der Waals surface area (Å²) in [5, 5.41) is 0. The lowest BCUT2D eigenvalue weighted by Gasteiger charge is -2.12. The van der Waals surface area contributed by atoms with Crippen molar-refractivity contribution in [2.24, 2.45) is 11.7 Å². The highest BCUT2D eigenvalue weighted by molar-refractivity contribution is 7.89. The minimum Gasteiger partial charge on any atom is -0.497 e. The lowest BCUT2D eigenvalue weighted by molar-refractivity contribution is 0.413. The van der Waals surface area contributed by atoms with Gasteiger partial charge < -0.3 is 10.5 Å². The van der Waals surface area contributed by atoms with Crippen LogP contribution in [0.5, 0.6) is 5.75 Å². The van der Waals surface area contributed by atoms with Gasteiger partial charge in [-0.25, -0.2) is 13.1 Å². The first-order chi connectivity index (χ1) is 9.06. The number of nitrogens with two attached hydrogens (primary N) is 1. The van der Waals surface area contributed by atoms with E-state index in [2.05, 4.69) is 4.72 Å². The van der Waals surface area contributed by atoms with Gasteiger partial charge in [-0.15, -0.1) is 0 Å². The molecular weight excluding hydrogens is 264 g/mol. The molecule has 0 spiro atoms. The van der Waals surface area contributed by atoms with E-state index in [0.717, 1.165) is 12.8 Å². The molecule has 19 heavy (non-hydrogen) atoms. The molecule has 6 heteroatoms. The van der Waals surface area contributed by atoms with Crippen LogP contribution in [0.2, 0.25) is 0 Å². The number of nitrogens with one attached hydrogen (secondary N) is 1. The van der Waals surface area contributed by atoms with Crippen LogP contribution in [0.1, 0.15) is 18.4 Å². The Hall–Kier alpha value is -1.11. The first-order valence-corrected chi connectivity index (χ1v) is 7.92. The Morgan fingerprint density at radius 2 is 2.16 bits per heavy atom. The van der Waals surface area contributed by atoms with Crippen molar-refractivity contribution in [1.82, 2.24) is 4.72 Å². The van der Waals surface area contributed by atoms with Crippen LogP contribution in [0.4, 0.5) is 0 Å². The topological polar surface area (TPSA) is 81.4 Å². The van der Waals surface area contributed by atoms with Crippen LogP contribution < -0.4 is 15.2 Å². The summed E-state index contributed by atoms with van der Waals surface area (Å²) in [6.45, 7) is 0.925. The van der Waals surface area contributed by atoms with Crippen LogP contribution >= 0.6 is 0 Å². The number of hydrogen-bond acceptors (Lipinski definition) is 4. The van der Waals surface area contributed by atoms with E-state index in [1.807, 2.05) is 0 Å². The molecule has 1 saturated carbocycles. The van der Waals surface area contributed by atoms with Gasteiger partial charge in [-0.3, -0.25) is 0 Å². The van der Waals surface area contributed by atoms with Crippen molar-refractivity contribution < 1.29 is 13.2 Å². The minimum absolute atomic E-state index is 0.305. The third-order valence-corrected chi connectivity index (χ3v) is 4.75. The maximum Gasteiger partial charge on any atom is 0.240 e. The summed E-state index contributed by atoms with van der Waals surface area (Å²) >= 11 is 0. The van der Waals surface area contributed by atoms with Gasteiger partial charge in [0.15, 0.2) is 0 Å². The molecule has 2 rings (SSSR count). The molecule has 1 aromatic rings. The molecule has 1 aliphatic carbocycles. The SMILES string of the molecule is COc1ccc(S(=O)(=O)NCC2CC2)c(CCN)c1. The number of hydrogen-bond donors (Lipinski definition) is 2. The van der Waals surface area contributed by atoms with Gasteiger partial charge in [0.1, 0.15) is 5.75 Å². The summed E-state index contributed by atoms with van der Waals surface area (Å²) in [5.74, 6) is 1.15. The van der Waals surface area contributed by atoms with E-state index < -0.39 is 10.0 Å². The standard InChI is InChI=1S/C13H20N2O3S/c1-18-12-4-5-13(11(8-12)6-7-14)19(16,17)15-9-10-2-3-10/h4-5,8,10,15H,2-3,6-7,9,14H2,1H3. The summed E-state index contributed by atoms with van der Waals surface area (Å²) in [5.41, 5.74) is 6.24. The van der Waals surface area contributed by atoms with Crippen molar-refractivity contribution in [3.8, 4) is 5.75 Å². The van der Waals surface area contributed by atoms with Crippen molar-refractivity contribution in [3.63, 3.8) is 0 Å². The highest BCUT2D eigenvalue weighted by atomic mass is 32.2. The second-order valence-corrected chi connectivity index (χ2v) is 6.54. The van der Waals surface area contributed by atoms with Gasteiger partial charge in [-0.05, 0) is 55.5 Å². The molecule has 0 amide bonds. The van der Waals surface area contributed by atoms with E-state index in [9.17, 15) is 8.42 Å². The summed E-state index contributed by atoms with van der Waals surface area (Å²) < 4.78 is 32.3. The minimum atomic E-state index is -3.45. The molecule has 1 aromatic carbocycles. The van der Waals surface area contributed by atoms with Crippen LogP contribution in [0, 0.1) is 5.92 Å². The Morgan fingerprint density at radius 1 is 1.42 bits per heavy atom. The zero-order valence-electron chi connectivity index (χ0n) is 11.1. The average Bonchev–Trinajstić information content (AvgIpc) is 3.20. The highest BCUT2D eigenvalue weighted by Gasteiger charge is 2.25. The fourth-order valence-corrected chi connectivity index (χ4v) is 3.29. The summed E-state index contributed by atoms with van der Waals surface area (Å²) in [6.07, 6.45) is 2.73. The monoisotopic (exact) mass is 284 g/mol. The Bertz CT molecular complexity index is 539. The molecule has 1 aliphatic rings. The smallest absolute Gasteiger partial charge is 0.240 e. The number of rotatable bonds is 7. The molecule has 0 saturated heterocycles. The molecule has 1 fully saturated rings. The van der Waals surface area contributed by atoms with E-state index in [1.165, 1.54) is 0 Å². The van der Waals surface area contributed by atoms with Crippen LogP contribution in [0.15, 0.2) is 23.1 Å². The van der Waals surface area contributed by atoms with Crippen molar-refractivity contribution in [2.45, 2.75) is 24.2 Å². The van der Waals surface area contributed by atoms with E-state index in [-0.39, 0.29) is 0 Å². The third kappa shape index (κ3) is 3.68. The van der Waals surface area contributed by atoms with Gasteiger partial charge in [0.25, 0.3) is 0 Å². The Labute approximate surface area is 114 Å². The van der Waals surface area contributed by atoms with Crippen molar-refractivity contribution in [2.75, 3.05) is 20.2 Å². The molecule has 3 N–H and O–H groups in total. The Morgan fingerprint density at radius 3 is 2.74 bits per heavy atom. The first kappa shape index (κ1) is 14.3. The molecule has 0 heterocycles. The lowest BCUT2D eigenvalue weighted by atomic mass is 10.1. The van der Waals surface area contributed by atoms with Crippen molar-refractivity contribution in [1.29, 1.82) is 0 Å². The Balaban J connectivity index is 2.24. The van der Waals surface area contributed by atoms with Gasteiger partial charge in [0.2, 0.25) is 10.0 Å². The second kappa shape index (κ2) is 5.90. The molecule has 0 radical (unpaired) electrons. The maximum atomic E-state index is 12.3. The van der Waals surface area contributed by atoms with Gasteiger partial charge >= 0.3 is 0 Å². The predicted molar refractivity (Wildman–Crippen MR) is 73.7 cm³/mol. The zero-order valence-corrected chi connectivity index (χ0v) is 11.9. The van der Waals surface area contributed by atoms with Gasteiger partial charge in [-0.1, -0.05) is 0 Å². The summed E-state index contributed by atoms with van der Waals surface area (Å²) in [6, 6.07) is 4.98. The van der Waals surface area contributed by atoms with Crippen LogP contribution in [-0.2, 0) is 16.4 Å². The number of ether oxygens (including phenoxy) is 1. The third-order valence-electron chi connectivity index (χ3n) is 3.23. The molecule has 0 bridgehead atoms. The molecular formula is C13H20N2O3S. The molecule has 0 unspecified atom stereocenters. The van der Waals surface area contributed by atoms with E-state index >= 15 is 0 Å². The Kier molecular flexibility index (Phi) is 4.44. The molecule has 0 aromatic heterocycles. The highest BCUT2D eigenvalue weighted by Crippen LogP contribution is 2.29. The fraction of sp³-hybridized carbons (Fsp3) is 0.538. The van der Waals surface area contributed by atoms with Crippen LogP contribution in [-0.4, -0.2) is 28.6 Å². The molecule has 106 valence electrons. The van der Waals surface area contributed by atoms with Crippen LogP contribution in [0.25, 0.3) is 0 Å². The van der Waals surface area contributed by atoms with E-state index in [4.69, 9.17) is 10.5 Å². The maximum absolute atomic E-state index is 12.3. The van der Waals surface area contributed by atoms with Crippen LogP contribution in [0.3, 0.4) is 0 Å². The largest absolute Gasteiger partial charge is 0.497 e. The molecule has 0 aliphatic heterocycles. The van der Waals surface area contributed by atoms with E-state index in [1.54, 1.807) is 25.3 Å². The van der Waals surface area contributed by atoms with Gasteiger partial charge in [0, 0.05) is 6.54 Å². The number of sulfonamides is 1. The normalized spacial score (nSPS) is 15.5. The lowest BCUT2D eigenvalue weighted by Crippen LogP contribution is -2.27. The number of methoxy groups -OCH3 is 1. The quantitative estimate of drug-likeness (QED) is 0.779. The molecule has 0 atom stereocenters. The average molecular weight is 284 g/mol. The first-order valence-electron chi connectivity index (χ1n) is 6.43. The fourth-order valence-electron chi connectivity index (χ4n) is 1.92. The number of benzene rings is 1. The molecule has 5 nitrogen and oxygen atoms in total. The van der Waals surface area contributed by atoms with E-state index in [0.29, 0.717) is 41.6 Å². The van der Waals surface area contributed by atoms with Gasteiger partial charge in [0.05, 0.1) is 12.0 Å². The second-order valence-electron chi connectivity index (χ2n) is 4.81.